The summed E-state index contributed by atoms with van der Waals surface area (Å²) in [5.74, 6) is -0.0900. The van der Waals surface area contributed by atoms with Crippen LogP contribution >= 0.6 is 11.6 Å². The molecule has 24 heavy (non-hydrogen) atoms. The molecule has 2 aromatic carbocycles. The predicted molar refractivity (Wildman–Crippen MR) is 94.2 cm³/mol. The van der Waals surface area contributed by atoms with Gasteiger partial charge in [0.2, 0.25) is 5.88 Å². The first-order valence-corrected chi connectivity index (χ1v) is 7.94. The van der Waals surface area contributed by atoms with Crippen molar-refractivity contribution in [3.8, 4) is 11.6 Å². The highest BCUT2D eigenvalue weighted by Crippen LogP contribution is 2.24. The van der Waals surface area contributed by atoms with Crippen molar-refractivity contribution >= 4 is 17.6 Å². The third-order valence-corrected chi connectivity index (χ3v) is 3.87. The molecule has 0 bridgehead atoms. The second-order valence-electron chi connectivity index (χ2n) is 5.73. The number of ether oxygens (including phenoxy) is 1. The van der Waals surface area contributed by atoms with E-state index < -0.39 is 5.97 Å². The van der Waals surface area contributed by atoms with Crippen molar-refractivity contribution in [1.82, 2.24) is 9.78 Å². The fourth-order valence-corrected chi connectivity index (χ4v) is 2.72. The van der Waals surface area contributed by atoms with E-state index in [4.69, 9.17) is 16.3 Å². The van der Waals surface area contributed by atoms with Gasteiger partial charge in [0, 0.05) is 11.1 Å². The summed E-state index contributed by atoms with van der Waals surface area (Å²) in [6.45, 7) is 5.89. The molecule has 1 heterocycles. The number of carbonyl (C=O) groups excluding carboxylic acids is 1. The predicted octanol–water partition coefficient (Wildman–Crippen LogP) is 4.67. The Kier molecular flexibility index (Phi) is 4.40. The maximum Gasteiger partial charge on any atom is 0.344 e. The van der Waals surface area contributed by atoms with E-state index in [-0.39, 0.29) is 0 Å². The number of halogens is 1. The van der Waals surface area contributed by atoms with Crippen LogP contribution < -0.4 is 4.74 Å². The molecule has 122 valence electrons. The van der Waals surface area contributed by atoms with Gasteiger partial charge in [-0.05, 0) is 50.6 Å². The lowest BCUT2D eigenvalue weighted by Gasteiger charge is -2.11. The highest BCUT2D eigenvalue weighted by molar-refractivity contribution is 6.30. The monoisotopic (exact) mass is 340 g/mol. The fourth-order valence-electron chi connectivity index (χ4n) is 2.53. The van der Waals surface area contributed by atoms with Crippen LogP contribution in [0.4, 0.5) is 0 Å². The number of aromatic nitrogens is 2. The Balaban J connectivity index is 1.96. The van der Waals surface area contributed by atoms with E-state index in [0.29, 0.717) is 16.5 Å². The van der Waals surface area contributed by atoms with Crippen LogP contribution in [0.2, 0.25) is 5.02 Å². The molecule has 0 aliphatic heterocycles. The summed E-state index contributed by atoms with van der Waals surface area (Å²) in [4.78, 5) is 12.4. The lowest BCUT2D eigenvalue weighted by molar-refractivity contribution is 0.0723. The summed E-state index contributed by atoms with van der Waals surface area (Å²) in [7, 11) is 0. The number of nitrogens with zero attached hydrogens (tertiary/aromatic N) is 2. The SMILES string of the molecule is Cc1ccc(-n2nc(C)cc2OC(=O)c2cccc(Cl)c2)c(C)c1. The smallest absolute Gasteiger partial charge is 0.344 e. The number of rotatable bonds is 3. The standard InChI is InChI=1S/C19H17ClN2O2/c1-12-7-8-17(13(2)9-12)22-18(10-14(3)21-22)24-19(23)15-5-4-6-16(20)11-15/h4-11H,1-3H3. The Morgan fingerprint density at radius 3 is 2.58 bits per heavy atom. The van der Waals surface area contributed by atoms with Gasteiger partial charge in [0.1, 0.15) is 0 Å². The van der Waals surface area contributed by atoms with Crippen molar-refractivity contribution < 1.29 is 9.53 Å². The van der Waals surface area contributed by atoms with Crippen LogP contribution in [-0.4, -0.2) is 15.7 Å². The van der Waals surface area contributed by atoms with Crippen LogP contribution in [0.15, 0.2) is 48.5 Å². The molecule has 3 rings (SSSR count). The Morgan fingerprint density at radius 2 is 1.88 bits per heavy atom. The first kappa shape index (κ1) is 16.3. The molecule has 0 atom stereocenters. The number of hydrogen-bond donors (Lipinski definition) is 0. The fraction of sp³-hybridized carbons (Fsp3) is 0.158. The highest BCUT2D eigenvalue weighted by Gasteiger charge is 2.16. The molecule has 0 unspecified atom stereocenters. The van der Waals surface area contributed by atoms with Crippen LogP contribution in [0.1, 0.15) is 27.2 Å². The number of hydrogen-bond acceptors (Lipinski definition) is 3. The van der Waals surface area contributed by atoms with Gasteiger partial charge in [-0.2, -0.15) is 5.10 Å². The van der Waals surface area contributed by atoms with Crippen LogP contribution in [0.5, 0.6) is 5.88 Å². The van der Waals surface area contributed by atoms with Gasteiger partial charge in [0.25, 0.3) is 0 Å². The molecular weight excluding hydrogens is 324 g/mol. The molecule has 0 saturated carbocycles. The van der Waals surface area contributed by atoms with Crippen LogP contribution in [0, 0.1) is 20.8 Å². The molecule has 0 aliphatic carbocycles. The van der Waals surface area contributed by atoms with Crippen molar-refractivity contribution in [3.05, 3.63) is 75.9 Å². The van der Waals surface area contributed by atoms with Gasteiger partial charge in [-0.15, -0.1) is 0 Å². The average Bonchev–Trinajstić information content (AvgIpc) is 2.87. The summed E-state index contributed by atoms with van der Waals surface area (Å²) in [6.07, 6.45) is 0. The summed E-state index contributed by atoms with van der Waals surface area (Å²) < 4.78 is 7.20. The molecule has 0 amide bonds. The molecule has 0 spiro atoms. The summed E-state index contributed by atoms with van der Waals surface area (Å²) in [5.41, 5.74) is 4.26. The van der Waals surface area contributed by atoms with Gasteiger partial charge < -0.3 is 4.74 Å². The van der Waals surface area contributed by atoms with E-state index >= 15 is 0 Å². The summed E-state index contributed by atoms with van der Waals surface area (Å²) in [5, 5.41) is 4.94. The molecule has 0 aliphatic rings. The minimum Gasteiger partial charge on any atom is -0.404 e. The van der Waals surface area contributed by atoms with E-state index in [9.17, 15) is 4.79 Å². The van der Waals surface area contributed by atoms with Crippen molar-refractivity contribution in [2.75, 3.05) is 0 Å². The number of esters is 1. The van der Waals surface area contributed by atoms with E-state index in [1.54, 1.807) is 35.0 Å². The van der Waals surface area contributed by atoms with Gasteiger partial charge in [0.15, 0.2) is 0 Å². The van der Waals surface area contributed by atoms with Gasteiger partial charge in [0.05, 0.1) is 16.9 Å². The van der Waals surface area contributed by atoms with Gasteiger partial charge in [-0.3, -0.25) is 0 Å². The van der Waals surface area contributed by atoms with Crippen LogP contribution in [-0.2, 0) is 0 Å². The highest BCUT2D eigenvalue weighted by atomic mass is 35.5. The maximum atomic E-state index is 12.4. The number of carbonyl (C=O) groups is 1. The molecule has 1 aromatic heterocycles. The average molecular weight is 341 g/mol. The minimum absolute atomic E-state index is 0.379. The maximum absolute atomic E-state index is 12.4. The van der Waals surface area contributed by atoms with Crippen LogP contribution in [0.25, 0.3) is 5.69 Å². The molecule has 5 heteroatoms. The van der Waals surface area contributed by atoms with E-state index in [2.05, 4.69) is 11.2 Å². The zero-order valence-electron chi connectivity index (χ0n) is 13.7. The zero-order valence-corrected chi connectivity index (χ0v) is 14.5. The molecular formula is C19H17ClN2O2. The third-order valence-electron chi connectivity index (χ3n) is 3.64. The topological polar surface area (TPSA) is 44.1 Å². The van der Waals surface area contributed by atoms with E-state index in [0.717, 1.165) is 22.5 Å². The van der Waals surface area contributed by atoms with E-state index in [1.807, 2.05) is 32.9 Å². The second kappa shape index (κ2) is 6.49. The molecule has 4 nitrogen and oxygen atoms in total. The third kappa shape index (κ3) is 3.34. The van der Waals surface area contributed by atoms with Gasteiger partial charge in [-0.25, -0.2) is 9.48 Å². The Labute approximate surface area is 145 Å². The van der Waals surface area contributed by atoms with Gasteiger partial charge in [-0.1, -0.05) is 35.4 Å². The molecule has 0 N–H and O–H groups in total. The molecule has 3 aromatic rings. The van der Waals surface area contributed by atoms with Crippen molar-refractivity contribution in [2.45, 2.75) is 20.8 Å². The molecule has 0 fully saturated rings. The van der Waals surface area contributed by atoms with E-state index in [1.165, 1.54) is 0 Å². The minimum atomic E-state index is -0.469. The Bertz CT molecular complexity index is 915. The first-order chi connectivity index (χ1) is 11.4. The van der Waals surface area contributed by atoms with Crippen molar-refractivity contribution in [3.63, 3.8) is 0 Å². The lowest BCUT2D eigenvalue weighted by Crippen LogP contribution is -2.12. The molecule has 0 radical (unpaired) electrons. The number of benzene rings is 2. The lowest BCUT2D eigenvalue weighted by atomic mass is 10.1. The van der Waals surface area contributed by atoms with Gasteiger partial charge >= 0.3 is 5.97 Å². The quantitative estimate of drug-likeness (QED) is 0.651. The summed E-state index contributed by atoms with van der Waals surface area (Å²) >= 11 is 5.93. The number of aryl methyl sites for hydroxylation is 3. The second-order valence-corrected chi connectivity index (χ2v) is 6.16. The summed E-state index contributed by atoms with van der Waals surface area (Å²) in [6, 6.07) is 14.4. The largest absolute Gasteiger partial charge is 0.404 e. The van der Waals surface area contributed by atoms with Crippen molar-refractivity contribution in [1.29, 1.82) is 0 Å². The Hall–Kier alpha value is -2.59. The normalized spacial score (nSPS) is 10.7. The van der Waals surface area contributed by atoms with Crippen molar-refractivity contribution in [2.24, 2.45) is 0 Å². The first-order valence-electron chi connectivity index (χ1n) is 7.56. The molecule has 0 saturated heterocycles. The zero-order chi connectivity index (χ0) is 17.3. The van der Waals surface area contributed by atoms with Crippen LogP contribution in [0.3, 0.4) is 0 Å². The Morgan fingerprint density at radius 1 is 1.08 bits per heavy atom.